The number of likely N-dealkylation sites (tertiary alicyclic amines) is 1. The summed E-state index contributed by atoms with van der Waals surface area (Å²) >= 11 is 1.34. The summed E-state index contributed by atoms with van der Waals surface area (Å²) in [6.45, 7) is 4.86. The van der Waals surface area contributed by atoms with Gasteiger partial charge in [0.2, 0.25) is 5.91 Å². The third-order valence-electron chi connectivity index (χ3n) is 4.86. The molecule has 3 heterocycles. The number of carbonyl (C=O) groups excluding carboxylic acids is 1. The predicted octanol–water partition coefficient (Wildman–Crippen LogP) is 3.54. The Labute approximate surface area is 155 Å². The zero-order valence-corrected chi connectivity index (χ0v) is 15.7. The normalized spacial score (nSPS) is 17.5. The summed E-state index contributed by atoms with van der Waals surface area (Å²) < 4.78 is 7.85. The number of hydrogen-bond donors (Lipinski definition) is 0. The molecule has 0 spiro atoms. The Kier molecular flexibility index (Phi) is 4.40. The van der Waals surface area contributed by atoms with Crippen molar-refractivity contribution in [2.45, 2.75) is 45.2 Å². The molecule has 136 valence electrons. The van der Waals surface area contributed by atoms with E-state index in [4.69, 9.17) is 4.52 Å². The van der Waals surface area contributed by atoms with Crippen molar-refractivity contribution in [3.8, 4) is 0 Å². The first-order chi connectivity index (χ1) is 12.5. The Morgan fingerprint density at radius 1 is 1.38 bits per heavy atom. The first kappa shape index (κ1) is 17.0. The van der Waals surface area contributed by atoms with E-state index in [0.29, 0.717) is 11.9 Å². The summed E-state index contributed by atoms with van der Waals surface area (Å²) in [5.41, 5.74) is 0.710. The molecule has 0 saturated carbocycles. The summed E-state index contributed by atoms with van der Waals surface area (Å²) in [5, 5.41) is 4.84. The van der Waals surface area contributed by atoms with E-state index in [9.17, 15) is 9.59 Å². The van der Waals surface area contributed by atoms with Crippen molar-refractivity contribution in [3.05, 3.63) is 52.1 Å². The second-order valence-electron chi connectivity index (χ2n) is 6.98. The lowest BCUT2D eigenvalue weighted by molar-refractivity contribution is -0.132. The van der Waals surface area contributed by atoms with Crippen molar-refractivity contribution >= 4 is 27.5 Å². The standard InChI is InChI=1S/C19H21N3O3S/c1-12(2)16-10-14(20-25-16)15-7-5-9-21(15)18(23)11-22-19(24)13-6-3-4-8-17(13)26-22/h3-4,6,8,10,12,15H,5,7,9,11H2,1-2H3/t15-/m0/s1. The lowest BCUT2D eigenvalue weighted by Gasteiger charge is -2.22. The summed E-state index contributed by atoms with van der Waals surface area (Å²) in [5.74, 6) is 1.05. The first-order valence-corrected chi connectivity index (χ1v) is 9.67. The van der Waals surface area contributed by atoms with Gasteiger partial charge in [-0.3, -0.25) is 13.5 Å². The van der Waals surface area contributed by atoms with Gasteiger partial charge in [-0.05, 0) is 25.0 Å². The summed E-state index contributed by atoms with van der Waals surface area (Å²) in [4.78, 5) is 27.2. The molecule has 0 unspecified atom stereocenters. The van der Waals surface area contributed by atoms with Crippen LogP contribution in [-0.2, 0) is 11.3 Å². The molecule has 26 heavy (non-hydrogen) atoms. The van der Waals surface area contributed by atoms with E-state index < -0.39 is 0 Å². The molecule has 7 heteroatoms. The van der Waals surface area contributed by atoms with Crippen LogP contribution < -0.4 is 5.56 Å². The molecule has 0 radical (unpaired) electrons. The number of amides is 1. The lowest BCUT2D eigenvalue weighted by atomic mass is 10.1. The van der Waals surface area contributed by atoms with Gasteiger partial charge >= 0.3 is 0 Å². The average Bonchev–Trinajstić information content (AvgIpc) is 3.34. The van der Waals surface area contributed by atoms with Crippen LogP contribution in [-0.4, -0.2) is 26.5 Å². The number of fused-ring (bicyclic) bond motifs is 1. The Hall–Kier alpha value is -2.41. The molecule has 1 atom stereocenters. The maximum Gasteiger partial charge on any atom is 0.268 e. The fraction of sp³-hybridized carbons (Fsp3) is 0.421. The number of hydrogen-bond acceptors (Lipinski definition) is 5. The van der Waals surface area contributed by atoms with Gasteiger partial charge in [-0.25, -0.2) is 0 Å². The molecule has 1 aromatic carbocycles. The third kappa shape index (κ3) is 2.96. The smallest absolute Gasteiger partial charge is 0.268 e. The minimum Gasteiger partial charge on any atom is -0.361 e. The molecule has 4 rings (SSSR count). The number of carbonyl (C=O) groups is 1. The Morgan fingerprint density at radius 2 is 2.19 bits per heavy atom. The van der Waals surface area contributed by atoms with Crippen LogP contribution in [0.4, 0.5) is 0 Å². The first-order valence-electron chi connectivity index (χ1n) is 8.89. The molecule has 1 aliphatic rings. The zero-order valence-electron chi connectivity index (χ0n) is 14.8. The molecule has 1 aliphatic heterocycles. The van der Waals surface area contributed by atoms with Crippen LogP contribution >= 0.6 is 11.5 Å². The van der Waals surface area contributed by atoms with E-state index in [2.05, 4.69) is 19.0 Å². The Balaban J connectivity index is 1.56. The zero-order chi connectivity index (χ0) is 18.3. The fourth-order valence-electron chi connectivity index (χ4n) is 3.44. The van der Waals surface area contributed by atoms with Gasteiger partial charge in [-0.2, -0.15) is 0 Å². The van der Waals surface area contributed by atoms with Crippen molar-refractivity contribution < 1.29 is 9.32 Å². The minimum absolute atomic E-state index is 0.0461. The highest BCUT2D eigenvalue weighted by molar-refractivity contribution is 7.13. The van der Waals surface area contributed by atoms with Gasteiger partial charge in [0, 0.05) is 18.5 Å². The summed E-state index contributed by atoms with van der Waals surface area (Å²) in [6.07, 6.45) is 1.80. The van der Waals surface area contributed by atoms with Crippen molar-refractivity contribution in [3.63, 3.8) is 0 Å². The summed E-state index contributed by atoms with van der Waals surface area (Å²) in [6, 6.07) is 9.34. The molecule has 3 aromatic rings. The van der Waals surface area contributed by atoms with E-state index in [1.54, 1.807) is 10.0 Å². The second-order valence-corrected chi connectivity index (χ2v) is 8.05. The molecule has 0 bridgehead atoms. The SMILES string of the molecule is CC(C)c1cc([C@@H]2CCCN2C(=O)Cn2sc3ccccc3c2=O)no1. The van der Waals surface area contributed by atoms with Gasteiger partial charge < -0.3 is 9.42 Å². The van der Waals surface area contributed by atoms with Gasteiger partial charge in [0.25, 0.3) is 5.56 Å². The van der Waals surface area contributed by atoms with Crippen LogP contribution in [0.1, 0.15) is 50.1 Å². The van der Waals surface area contributed by atoms with Gasteiger partial charge in [-0.1, -0.05) is 42.7 Å². The predicted molar refractivity (Wildman–Crippen MR) is 100 cm³/mol. The van der Waals surface area contributed by atoms with Gasteiger partial charge in [0.1, 0.15) is 18.0 Å². The van der Waals surface area contributed by atoms with E-state index in [-0.39, 0.29) is 30.0 Å². The second kappa shape index (κ2) is 6.72. The highest BCUT2D eigenvalue weighted by Gasteiger charge is 2.32. The van der Waals surface area contributed by atoms with Crippen molar-refractivity contribution in [2.75, 3.05) is 6.54 Å². The third-order valence-corrected chi connectivity index (χ3v) is 5.93. The summed E-state index contributed by atoms with van der Waals surface area (Å²) in [7, 11) is 0. The molecule has 2 aromatic heterocycles. The average molecular weight is 371 g/mol. The monoisotopic (exact) mass is 371 g/mol. The fourth-order valence-corrected chi connectivity index (χ4v) is 4.43. The van der Waals surface area contributed by atoms with Crippen molar-refractivity contribution in [2.24, 2.45) is 0 Å². The minimum atomic E-state index is -0.0989. The van der Waals surface area contributed by atoms with Crippen LogP contribution in [0.2, 0.25) is 0 Å². The Morgan fingerprint density at radius 3 is 2.92 bits per heavy atom. The molecule has 1 fully saturated rings. The molecule has 1 amide bonds. The lowest BCUT2D eigenvalue weighted by Crippen LogP contribution is -2.35. The van der Waals surface area contributed by atoms with Crippen LogP contribution in [0, 0.1) is 0 Å². The van der Waals surface area contributed by atoms with Crippen molar-refractivity contribution in [1.82, 2.24) is 14.0 Å². The quantitative estimate of drug-likeness (QED) is 0.703. The number of aromatic nitrogens is 2. The Bertz CT molecular complexity index is 1000. The van der Waals surface area contributed by atoms with Gasteiger partial charge in [0.05, 0.1) is 16.1 Å². The van der Waals surface area contributed by atoms with Crippen LogP contribution in [0.3, 0.4) is 0 Å². The van der Waals surface area contributed by atoms with E-state index >= 15 is 0 Å². The molecule has 0 aliphatic carbocycles. The van der Waals surface area contributed by atoms with Crippen LogP contribution in [0.15, 0.2) is 39.6 Å². The highest BCUT2D eigenvalue weighted by Crippen LogP contribution is 2.33. The maximum absolute atomic E-state index is 12.9. The number of rotatable bonds is 4. The topological polar surface area (TPSA) is 68.3 Å². The van der Waals surface area contributed by atoms with E-state index in [0.717, 1.165) is 29.0 Å². The molecule has 6 nitrogen and oxygen atoms in total. The molecule has 1 saturated heterocycles. The van der Waals surface area contributed by atoms with Crippen molar-refractivity contribution in [1.29, 1.82) is 0 Å². The largest absolute Gasteiger partial charge is 0.361 e. The highest BCUT2D eigenvalue weighted by atomic mass is 32.1. The number of nitrogens with zero attached hydrogens (tertiary/aromatic N) is 3. The van der Waals surface area contributed by atoms with E-state index in [1.165, 1.54) is 11.5 Å². The molecular weight excluding hydrogens is 350 g/mol. The van der Waals surface area contributed by atoms with Crippen LogP contribution in [0.5, 0.6) is 0 Å². The molecular formula is C19H21N3O3S. The van der Waals surface area contributed by atoms with Crippen LogP contribution in [0.25, 0.3) is 10.1 Å². The number of benzene rings is 1. The molecule has 0 N–H and O–H groups in total. The van der Waals surface area contributed by atoms with Gasteiger partial charge in [-0.15, -0.1) is 0 Å². The van der Waals surface area contributed by atoms with E-state index in [1.807, 2.05) is 29.2 Å². The maximum atomic E-state index is 12.9. The van der Waals surface area contributed by atoms with Gasteiger partial charge in [0.15, 0.2) is 0 Å².